The minimum atomic E-state index is -1.26. The Kier molecular flexibility index (Phi) is 10.6. The molecule has 2 unspecified atom stereocenters. The van der Waals surface area contributed by atoms with Gasteiger partial charge in [0.05, 0.1) is 59.5 Å². The van der Waals surface area contributed by atoms with Crippen molar-refractivity contribution >= 4 is 28.9 Å². The highest BCUT2D eigenvalue weighted by Gasteiger charge is 2.37. The van der Waals surface area contributed by atoms with E-state index in [1.807, 2.05) is 18.7 Å². The number of carboxylic acids is 1. The van der Waals surface area contributed by atoms with E-state index < -0.39 is 11.4 Å². The van der Waals surface area contributed by atoms with Crippen LogP contribution in [0.2, 0.25) is 0 Å². The number of ether oxygens (including phenoxy) is 4. The number of carbonyl (C=O) groups is 2. The van der Waals surface area contributed by atoms with Crippen molar-refractivity contribution in [1.29, 1.82) is 0 Å². The molecule has 0 radical (unpaired) electrons. The van der Waals surface area contributed by atoms with Gasteiger partial charge in [0.1, 0.15) is 0 Å². The van der Waals surface area contributed by atoms with Crippen molar-refractivity contribution in [2.45, 2.75) is 109 Å². The van der Waals surface area contributed by atoms with E-state index in [0.717, 1.165) is 88.8 Å². The predicted octanol–water partition coefficient (Wildman–Crippen LogP) is 4.57. The maximum absolute atomic E-state index is 14.2. The van der Waals surface area contributed by atoms with Gasteiger partial charge in [-0.05, 0) is 90.0 Å². The molecule has 5 rings (SSSR count). The Bertz CT molecular complexity index is 1120. The van der Waals surface area contributed by atoms with Crippen LogP contribution in [-0.2, 0) is 23.7 Å². The highest BCUT2D eigenvalue weighted by molar-refractivity contribution is 7.15. The molecule has 0 spiro atoms. The van der Waals surface area contributed by atoms with Crippen LogP contribution in [0.15, 0.2) is 6.07 Å². The van der Waals surface area contributed by atoms with E-state index in [4.69, 9.17) is 18.9 Å². The fourth-order valence-corrected chi connectivity index (χ4v) is 7.37. The van der Waals surface area contributed by atoms with E-state index in [9.17, 15) is 14.7 Å². The first-order valence-corrected chi connectivity index (χ1v) is 16.6. The van der Waals surface area contributed by atoms with Crippen molar-refractivity contribution in [2.75, 3.05) is 37.9 Å². The number of amides is 1. The van der Waals surface area contributed by atoms with E-state index in [1.165, 1.54) is 0 Å². The summed E-state index contributed by atoms with van der Waals surface area (Å²) in [5.74, 6) is 5.79. The lowest BCUT2D eigenvalue weighted by Crippen LogP contribution is -2.47. The minimum Gasteiger partial charge on any atom is -0.544 e. The van der Waals surface area contributed by atoms with E-state index >= 15 is 0 Å². The molecule has 1 aromatic rings. The summed E-state index contributed by atoms with van der Waals surface area (Å²) in [7, 11) is 0. The molecule has 0 bridgehead atoms. The molecule has 2 saturated heterocycles. The van der Waals surface area contributed by atoms with Crippen molar-refractivity contribution in [2.24, 2.45) is 17.3 Å². The molecule has 0 N–H and O–H groups in total. The molecule has 4 aliphatic rings. The number of anilines is 1. The van der Waals surface area contributed by atoms with Crippen LogP contribution in [0.5, 0.6) is 0 Å². The molecular weight excluding hydrogens is 554 g/mol. The molecule has 232 valence electrons. The molecule has 0 aromatic carbocycles. The van der Waals surface area contributed by atoms with E-state index in [2.05, 4.69) is 18.8 Å². The van der Waals surface area contributed by atoms with Gasteiger partial charge < -0.3 is 33.7 Å². The lowest BCUT2D eigenvalue weighted by atomic mass is 9.81. The number of carbonyl (C=O) groups excluding carboxylic acids is 2. The quantitative estimate of drug-likeness (QED) is 0.383. The number of carboxylic acid groups (broad SMARTS) is 1. The average Bonchev–Trinajstić information content (AvgIpc) is 3.75. The minimum absolute atomic E-state index is 0.0442. The normalized spacial score (nSPS) is 30.1. The van der Waals surface area contributed by atoms with Gasteiger partial charge in [-0.2, -0.15) is 0 Å². The third kappa shape index (κ3) is 8.15. The maximum atomic E-state index is 14.2. The van der Waals surface area contributed by atoms with Crippen LogP contribution in [0, 0.1) is 29.1 Å². The molecule has 2 aliphatic carbocycles. The van der Waals surface area contributed by atoms with Gasteiger partial charge in [-0.15, -0.1) is 11.3 Å². The summed E-state index contributed by atoms with van der Waals surface area (Å²) in [6, 6.07) is 1.72. The highest BCUT2D eigenvalue weighted by atomic mass is 32.1. The monoisotopic (exact) mass is 600 g/mol. The second-order valence-corrected chi connectivity index (χ2v) is 14.3. The molecular formula is C33H46NO7S-. The topological polar surface area (TPSA) is 97.4 Å². The third-order valence-electron chi connectivity index (χ3n) is 9.13. The molecule has 2 atom stereocenters. The summed E-state index contributed by atoms with van der Waals surface area (Å²) in [4.78, 5) is 29.1. The fourth-order valence-electron chi connectivity index (χ4n) is 6.54. The van der Waals surface area contributed by atoms with E-state index in [0.29, 0.717) is 36.3 Å². The standard InChI is InChI=1S/C33H47NO7S/c1-22-4-6-23(7-5-22)31(35)34(24-8-10-25(11-9-24)41-27-14-17-39-20-27)29-18-28(42-30(29)32(36)37)12-15-33(2,3)21-40-26-13-16-38-19-26/h18,22-27H,4-11,13-14,16-17,19-21H2,1-3H3,(H,36,37)/p-1. The molecule has 2 saturated carbocycles. The molecule has 1 amide bonds. The Labute approximate surface area is 254 Å². The molecule has 2 aliphatic heterocycles. The highest BCUT2D eigenvalue weighted by Crippen LogP contribution is 2.39. The lowest BCUT2D eigenvalue weighted by molar-refractivity contribution is -0.254. The summed E-state index contributed by atoms with van der Waals surface area (Å²) in [6.07, 6.45) is 9.14. The van der Waals surface area contributed by atoms with E-state index in [1.54, 1.807) is 6.07 Å². The number of hydrogen-bond donors (Lipinski definition) is 0. The molecule has 42 heavy (non-hydrogen) atoms. The van der Waals surface area contributed by atoms with Gasteiger partial charge in [0.25, 0.3) is 0 Å². The SMILES string of the molecule is CC1CCC(C(=O)N(c2cc(C#CC(C)(C)COC3CCOC3)sc2C(=O)[O-])C2CCC(OC3CCOC3)CC2)CC1. The van der Waals surface area contributed by atoms with Crippen LogP contribution < -0.4 is 10.0 Å². The zero-order valence-electron chi connectivity index (χ0n) is 25.4. The van der Waals surface area contributed by atoms with Gasteiger partial charge in [0.15, 0.2) is 0 Å². The summed E-state index contributed by atoms with van der Waals surface area (Å²) in [5.41, 5.74) is 0.0180. The number of thiophene rings is 1. The van der Waals surface area contributed by atoms with Crippen LogP contribution in [-0.4, -0.2) is 69.3 Å². The predicted molar refractivity (Wildman–Crippen MR) is 159 cm³/mol. The zero-order chi connectivity index (χ0) is 29.7. The Morgan fingerprint density at radius 2 is 1.64 bits per heavy atom. The van der Waals surface area contributed by atoms with Crippen LogP contribution >= 0.6 is 11.3 Å². The van der Waals surface area contributed by atoms with Crippen LogP contribution in [0.4, 0.5) is 5.69 Å². The largest absolute Gasteiger partial charge is 0.544 e. The zero-order valence-corrected chi connectivity index (χ0v) is 26.2. The van der Waals surface area contributed by atoms with Crippen molar-refractivity contribution in [3.05, 3.63) is 15.8 Å². The Balaban J connectivity index is 1.35. The molecule has 1 aromatic heterocycles. The van der Waals surface area contributed by atoms with Gasteiger partial charge in [-0.3, -0.25) is 4.79 Å². The summed E-state index contributed by atoms with van der Waals surface area (Å²) >= 11 is 1.10. The van der Waals surface area contributed by atoms with Gasteiger partial charge in [-0.1, -0.05) is 18.8 Å². The van der Waals surface area contributed by atoms with Crippen LogP contribution in [0.3, 0.4) is 0 Å². The van der Waals surface area contributed by atoms with Crippen molar-refractivity contribution < 1.29 is 33.6 Å². The van der Waals surface area contributed by atoms with Crippen molar-refractivity contribution in [3.8, 4) is 11.8 Å². The van der Waals surface area contributed by atoms with Crippen molar-refractivity contribution in [3.63, 3.8) is 0 Å². The molecule has 4 fully saturated rings. The Morgan fingerprint density at radius 1 is 0.976 bits per heavy atom. The first-order valence-electron chi connectivity index (χ1n) is 15.8. The maximum Gasteiger partial charge on any atom is 0.230 e. The van der Waals surface area contributed by atoms with Crippen LogP contribution in [0.1, 0.15) is 99.5 Å². The Morgan fingerprint density at radius 3 is 2.26 bits per heavy atom. The van der Waals surface area contributed by atoms with Gasteiger partial charge in [-0.25, -0.2) is 0 Å². The summed E-state index contributed by atoms with van der Waals surface area (Å²) < 4.78 is 23.2. The van der Waals surface area contributed by atoms with E-state index in [-0.39, 0.29) is 41.1 Å². The second kappa shape index (κ2) is 14.2. The third-order valence-corrected chi connectivity index (χ3v) is 10.2. The number of aromatic carboxylic acids is 1. The van der Waals surface area contributed by atoms with Crippen molar-refractivity contribution in [1.82, 2.24) is 0 Å². The lowest BCUT2D eigenvalue weighted by Gasteiger charge is -2.40. The average molecular weight is 601 g/mol. The summed E-state index contributed by atoms with van der Waals surface area (Å²) in [6.45, 7) is 9.46. The van der Waals surface area contributed by atoms with Gasteiger partial charge in [0, 0.05) is 30.6 Å². The number of hydrogen-bond acceptors (Lipinski definition) is 8. The first kappa shape index (κ1) is 31.5. The van der Waals surface area contributed by atoms with Crippen LogP contribution in [0.25, 0.3) is 0 Å². The molecule has 9 heteroatoms. The number of rotatable bonds is 9. The first-order chi connectivity index (χ1) is 20.2. The summed E-state index contributed by atoms with van der Waals surface area (Å²) in [5, 5.41) is 12.4. The second-order valence-electron chi connectivity index (χ2n) is 13.3. The molecule has 8 nitrogen and oxygen atoms in total. The molecule has 3 heterocycles. The van der Waals surface area contributed by atoms with Gasteiger partial charge in [0.2, 0.25) is 5.91 Å². The number of nitrogens with zero attached hydrogens (tertiary/aromatic N) is 1. The Hall–Kier alpha value is -1.96. The smallest absolute Gasteiger partial charge is 0.230 e. The fraction of sp³-hybridized carbons (Fsp3) is 0.758. The van der Waals surface area contributed by atoms with Gasteiger partial charge >= 0.3 is 0 Å².